The number of aromatic nitrogens is 2. The number of imidazole rings is 1. The number of ether oxygens (including phenoxy) is 1. The number of aryl methyl sites for hydroxylation is 1. The molecule has 0 N–H and O–H groups in total. The number of halogens is 2. The second-order valence-electron chi connectivity index (χ2n) is 7.36. The van der Waals surface area contributed by atoms with Crippen molar-refractivity contribution >= 4 is 15.9 Å². The van der Waals surface area contributed by atoms with Crippen molar-refractivity contribution < 1.29 is 9.13 Å². The van der Waals surface area contributed by atoms with Crippen LogP contribution in [0.5, 0.6) is 0 Å². The van der Waals surface area contributed by atoms with E-state index in [9.17, 15) is 4.39 Å². The van der Waals surface area contributed by atoms with Gasteiger partial charge in [0.15, 0.2) is 0 Å². The third-order valence-corrected chi connectivity index (χ3v) is 5.90. The van der Waals surface area contributed by atoms with E-state index < -0.39 is 0 Å². The van der Waals surface area contributed by atoms with Crippen LogP contribution in [0.4, 0.5) is 4.39 Å². The van der Waals surface area contributed by atoms with Crippen molar-refractivity contribution in [3.05, 3.63) is 39.9 Å². The van der Waals surface area contributed by atoms with E-state index in [1.165, 1.54) is 25.0 Å². The van der Waals surface area contributed by atoms with Crippen molar-refractivity contribution in [2.45, 2.75) is 58.1 Å². The SMILES string of the molecule is C[C@@H]1Cn2c(-c3ccc(F)c(CCCC4CC4)c3)nc(Br)c2CCO1. The van der Waals surface area contributed by atoms with Crippen LogP contribution in [0.3, 0.4) is 0 Å². The second-order valence-corrected chi connectivity index (χ2v) is 8.11. The van der Waals surface area contributed by atoms with Crippen LogP contribution in [-0.4, -0.2) is 22.3 Å². The first kappa shape index (κ1) is 17.2. The van der Waals surface area contributed by atoms with E-state index >= 15 is 0 Å². The van der Waals surface area contributed by atoms with E-state index in [1.807, 2.05) is 12.1 Å². The van der Waals surface area contributed by atoms with Crippen molar-refractivity contribution in [2.75, 3.05) is 6.61 Å². The van der Waals surface area contributed by atoms with Crippen LogP contribution in [0.25, 0.3) is 11.4 Å². The highest BCUT2D eigenvalue weighted by atomic mass is 79.9. The average molecular weight is 407 g/mol. The van der Waals surface area contributed by atoms with E-state index in [-0.39, 0.29) is 11.9 Å². The highest BCUT2D eigenvalue weighted by Gasteiger charge is 2.23. The molecular weight excluding hydrogens is 383 g/mol. The Hall–Kier alpha value is -1.20. The van der Waals surface area contributed by atoms with Crippen LogP contribution in [0.1, 0.15) is 43.9 Å². The van der Waals surface area contributed by atoms with Gasteiger partial charge in [0.25, 0.3) is 0 Å². The highest BCUT2D eigenvalue weighted by Crippen LogP contribution is 2.34. The number of benzene rings is 1. The molecule has 1 fully saturated rings. The Balaban J connectivity index is 1.63. The van der Waals surface area contributed by atoms with Gasteiger partial charge in [0.2, 0.25) is 0 Å². The Morgan fingerprint density at radius 2 is 2.20 bits per heavy atom. The minimum atomic E-state index is -0.0991. The Bertz CT molecular complexity index is 769. The summed E-state index contributed by atoms with van der Waals surface area (Å²) in [5, 5.41) is 0. The molecule has 2 aromatic rings. The Labute approximate surface area is 156 Å². The van der Waals surface area contributed by atoms with E-state index in [2.05, 4.69) is 27.4 Å². The van der Waals surface area contributed by atoms with Gasteiger partial charge in [-0.1, -0.05) is 19.3 Å². The van der Waals surface area contributed by atoms with Gasteiger partial charge >= 0.3 is 0 Å². The van der Waals surface area contributed by atoms with Gasteiger partial charge in [-0.25, -0.2) is 9.37 Å². The molecule has 5 heteroatoms. The first-order valence-corrected chi connectivity index (χ1v) is 10.1. The molecular formula is C20H24BrFN2O. The van der Waals surface area contributed by atoms with E-state index in [1.54, 1.807) is 6.07 Å². The summed E-state index contributed by atoms with van der Waals surface area (Å²) in [6, 6.07) is 5.42. The predicted octanol–water partition coefficient (Wildman–Crippen LogP) is 5.15. The zero-order valence-electron chi connectivity index (χ0n) is 14.6. The minimum Gasteiger partial charge on any atom is -0.376 e. The minimum absolute atomic E-state index is 0.0991. The summed E-state index contributed by atoms with van der Waals surface area (Å²) in [4.78, 5) is 4.73. The zero-order valence-corrected chi connectivity index (χ0v) is 16.2. The van der Waals surface area contributed by atoms with Crippen molar-refractivity contribution in [2.24, 2.45) is 5.92 Å². The monoisotopic (exact) mass is 406 g/mol. The average Bonchev–Trinajstić information content (AvgIpc) is 3.38. The molecule has 1 saturated carbocycles. The quantitative estimate of drug-likeness (QED) is 0.686. The normalized spacial score (nSPS) is 20.4. The molecule has 134 valence electrons. The summed E-state index contributed by atoms with van der Waals surface area (Å²) in [7, 11) is 0. The molecule has 2 aliphatic rings. The Kier molecular flexibility index (Phi) is 4.96. The molecule has 1 aromatic carbocycles. The number of fused-ring (bicyclic) bond motifs is 1. The van der Waals surface area contributed by atoms with Crippen LogP contribution < -0.4 is 0 Å². The number of nitrogens with zero attached hydrogens (tertiary/aromatic N) is 2. The van der Waals surface area contributed by atoms with Crippen LogP contribution in [0, 0.1) is 11.7 Å². The maximum atomic E-state index is 14.2. The summed E-state index contributed by atoms with van der Waals surface area (Å²) >= 11 is 3.59. The number of rotatable bonds is 5. The molecule has 1 atom stereocenters. The molecule has 0 unspecified atom stereocenters. The highest BCUT2D eigenvalue weighted by molar-refractivity contribution is 9.10. The molecule has 1 aliphatic carbocycles. The fraction of sp³-hybridized carbons (Fsp3) is 0.550. The molecule has 1 aromatic heterocycles. The summed E-state index contributed by atoms with van der Waals surface area (Å²) < 4.78 is 23.1. The third-order valence-electron chi connectivity index (χ3n) is 5.26. The maximum absolute atomic E-state index is 14.2. The van der Waals surface area contributed by atoms with Crippen LogP contribution >= 0.6 is 15.9 Å². The van der Waals surface area contributed by atoms with Crippen LogP contribution in [0.15, 0.2) is 22.8 Å². The zero-order chi connectivity index (χ0) is 17.4. The van der Waals surface area contributed by atoms with E-state index in [0.717, 1.165) is 53.3 Å². The molecule has 0 bridgehead atoms. The van der Waals surface area contributed by atoms with Crippen LogP contribution in [0.2, 0.25) is 0 Å². The molecule has 0 spiro atoms. The molecule has 0 saturated heterocycles. The number of hydrogen-bond donors (Lipinski definition) is 0. The Morgan fingerprint density at radius 1 is 1.36 bits per heavy atom. The molecule has 3 nitrogen and oxygen atoms in total. The first-order chi connectivity index (χ1) is 12.1. The van der Waals surface area contributed by atoms with Crippen molar-refractivity contribution in [1.29, 1.82) is 0 Å². The number of hydrogen-bond acceptors (Lipinski definition) is 2. The second kappa shape index (κ2) is 7.20. The predicted molar refractivity (Wildman–Crippen MR) is 100 cm³/mol. The lowest BCUT2D eigenvalue weighted by Gasteiger charge is -2.13. The van der Waals surface area contributed by atoms with Gasteiger partial charge in [0, 0.05) is 12.0 Å². The largest absolute Gasteiger partial charge is 0.376 e. The first-order valence-electron chi connectivity index (χ1n) is 9.27. The molecule has 2 heterocycles. The van der Waals surface area contributed by atoms with E-state index in [0.29, 0.717) is 6.61 Å². The van der Waals surface area contributed by atoms with Crippen molar-refractivity contribution in [1.82, 2.24) is 9.55 Å². The van der Waals surface area contributed by atoms with Gasteiger partial charge in [0.05, 0.1) is 24.9 Å². The van der Waals surface area contributed by atoms with Crippen molar-refractivity contribution in [3.63, 3.8) is 0 Å². The van der Waals surface area contributed by atoms with Gasteiger partial charge in [0.1, 0.15) is 16.2 Å². The standard InChI is InChI=1S/C20H24BrFN2O/c1-13-12-24-18(9-10-25-13)19(21)23-20(24)16-7-8-17(22)15(11-16)4-2-3-14-5-6-14/h7-8,11,13-14H,2-6,9-10,12H2,1H3/t13-/m1/s1. The summed E-state index contributed by atoms with van der Waals surface area (Å²) in [6.45, 7) is 3.57. The van der Waals surface area contributed by atoms with E-state index in [4.69, 9.17) is 9.72 Å². The topological polar surface area (TPSA) is 27.1 Å². The lowest BCUT2D eigenvalue weighted by Crippen LogP contribution is -2.15. The van der Waals surface area contributed by atoms with Crippen molar-refractivity contribution in [3.8, 4) is 11.4 Å². The van der Waals surface area contributed by atoms with Gasteiger partial charge in [-0.2, -0.15) is 0 Å². The lowest BCUT2D eigenvalue weighted by atomic mass is 10.0. The molecule has 1 aliphatic heterocycles. The molecule has 4 rings (SSSR count). The van der Waals surface area contributed by atoms with Gasteiger partial charge in [-0.05, 0) is 65.4 Å². The summed E-state index contributed by atoms with van der Waals surface area (Å²) in [6.07, 6.45) is 6.81. The molecule has 0 amide bonds. The maximum Gasteiger partial charge on any atom is 0.141 e. The van der Waals surface area contributed by atoms with Gasteiger partial charge < -0.3 is 9.30 Å². The van der Waals surface area contributed by atoms with Crippen LogP contribution in [-0.2, 0) is 24.1 Å². The fourth-order valence-corrected chi connectivity index (χ4v) is 4.25. The third kappa shape index (κ3) is 3.82. The molecule has 25 heavy (non-hydrogen) atoms. The summed E-state index contributed by atoms with van der Waals surface area (Å²) in [5.74, 6) is 1.70. The van der Waals surface area contributed by atoms with Gasteiger partial charge in [-0.3, -0.25) is 0 Å². The lowest BCUT2D eigenvalue weighted by molar-refractivity contribution is 0.0666. The smallest absolute Gasteiger partial charge is 0.141 e. The Morgan fingerprint density at radius 3 is 3.00 bits per heavy atom. The van der Waals surface area contributed by atoms with Gasteiger partial charge in [-0.15, -0.1) is 0 Å². The molecule has 0 radical (unpaired) electrons. The summed E-state index contributed by atoms with van der Waals surface area (Å²) in [5.41, 5.74) is 2.97. The fourth-order valence-electron chi connectivity index (χ4n) is 3.67.